The van der Waals surface area contributed by atoms with Crippen LogP contribution >= 0.6 is 35.2 Å². The van der Waals surface area contributed by atoms with Gasteiger partial charge in [-0.05, 0) is 66.1 Å². The molecule has 0 unspecified atom stereocenters. The number of benzene rings is 2. The molecule has 27 heavy (non-hydrogen) atoms. The zero-order valence-electron chi connectivity index (χ0n) is 13.9. The number of hydrogen-bond donors (Lipinski definition) is 3. The fourth-order valence-corrected chi connectivity index (χ4v) is 3.22. The molecule has 3 N–H and O–H groups in total. The van der Waals surface area contributed by atoms with E-state index in [9.17, 15) is 9.59 Å². The average molecular weight is 416 g/mol. The molecule has 0 bridgehead atoms. The van der Waals surface area contributed by atoms with Gasteiger partial charge in [0.25, 0.3) is 11.8 Å². The van der Waals surface area contributed by atoms with Crippen molar-refractivity contribution in [2.75, 3.05) is 10.6 Å². The molecule has 136 valence electrons. The van der Waals surface area contributed by atoms with E-state index in [0.717, 1.165) is 0 Å². The Morgan fingerprint density at radius 1 is 0.889 bits per heavy atom. The maximum Gasteiger partial charge on any atom is 0.267 e. The second-order valence-electron chi connectivity index (χ2n) is 5.43. The molecule has 2 aromatic carbocycles. The highest BCUT2D eigenvalue weighted by atomic mass is 35.5. The van der Waals surface area contributed by atoms with Crippen molar-refractivity contribution in [3.63, 3.8) is 0 Å². The summed E-state index contributed by atoms with van der Waals surface area (Å²) in [5, 5.41) is 10.9. The first kappa shape index (κ1) is 19.0. The Kier molecular flexibility index (Phi) is 6.18. The average Bonchev–Trinajstić information content (AvgIpc) is 3.18. The van der Waals surface area contributed by atoms with Gasteiger partial charge in [-0.3, -0.25) is 14.9 Å². The minimum atomic E-state index is -0.257. The molecule has 0 aliphatic carbocycles. The Labute approximate surface area is 170 Å². The smallest absolute Gasteiger partial charge is 0.267 e. The lowest BCUT2D eigenvalue weighted by molar-refractivity contribution is 0.0980. The lowest BCUT2D eigenvalue weighted by Crippen LogP contribution is -2.33. The fourth-order valence-electron chi connectivity index (χ4n) is 2.20. The summed E-state index contributed by atoms with van der Waals surface area (Å²) in [4.78, 5) is 24.7. The van der Waals surface area contributed by atoms with Crippen LogP contribution in [0.5, 0.6) is 0 Å². The first-order valence-electron chi connectivity index (χ1n) is 7.84. The Bertz CT molecular complexity index is 973. The van der Waals surface area contributed by atoms with E-state index in [2.05, 4.69) is 16.0 Å². The summed E-state index contributed by atoms with van der Waals surface area (Å²) in [7, 11) is 0. The maximum absolute atomic E-state index is 12.2. The predicted octanol–water partition coefficient (Wildman–Crippen LogP) is 4.78. The lowest BCUT2D eigenvalue weighted by Gasteiger charge is -2.10. The summed E-state index contributed by atoms with van der Waals surface area (Å²) >= 11 is 12.4. The van der Waals surface area contributed by atoms with Gasteiger partial charge in [-0.1, -0.05) is 23.7 Å². The van der Waals surface area contributed by atoms with Crippen LogP contribution in [-0.2, 0) is 0 Å². The Morgan fingerprint density at radius 3 is 2.22 bits per heavy atom. The van der Waals surface area contributed by atoms with Crippen molar-refractivity contribution in [2.45, 2.75) is 0 Å². The number of thiocarbonyl (C=S) groups is 1. The molecule has 0 saturated carbocycles. The van der Waals surface area contributed by atoms with E-state index in [1.54, 1.807) is 60.7 Å². The van der Waals surface area contributed by atoms with Crippen LogP contribution < -0.4 is 16.0 Å². The Balaban J connectivity index is 1.56. The first-order valence-corrected chi connectivity index (χ1v) is 9.51. The summed E-state index contributed by atoms with van der Waals surface area (Å²) in [6.07, 6.45) is 0. The van der Waals surface area contributed by atoms with E-state index in [4.69, 9.17) is 23.8 Å². The van der Waals surface area contributed by atoms with Crippen molar-refractivity contribution in [1.29, 1.82) is 0 Å². The molecule has 3 rings (SSSR count). The van der Waals surface area contributed by atoms with Gasteiger partial charge >= 0.3 is 0 Å². The van der Waals surface area contributed by atoms with E-state index in [0.29, 0.717) is 26.8 Å². The van der Waals surface area contributed by atoms with Gasteiger partial charge in [0.1, 0.15) is 0 Å². The van der Waals surface area contributed by atoms with Crippen molar-refractivity contribution in [3.8, 4) is 0 Å². The summed E-state index contributed by atoms with van der Waals surface area (Å²) in [5.41, 5.74) is 1.79. The van der Waals surface area contributed by atoms with Crippen LogP contribution in [0.4, 0.5) is 11.4 Å². The molecule has 8 heteroatoms. The third-order valence-electron chi connectivity index (χ3n) is 3.46. The van der Waals surface area contributed by atoms with Crippen LogP contribution in [0.3, 0.4) is 0 Å². The third-order valence-corrected chi connectivity index (χ3v) is 4.77. The van der Waals surface area contributed by atoms with Crippen molar-refractivity contribution in [1.82, 2.24) is 5.32 Å². The number of thiophene rings is 1. The molecule has 0 atom stereocenters. The van der Waals surface area contributed by atoms with E-state index in [1.165, 1.54) is 11.3 Å². The van der Waals surface area contributed by atoms with Crippen LogP contribution in [0.25, 0.3) is 0 Å². The zero-order valence-corrected chi connectivity index (χ0v) is 16.3. The molecule has 0 spiro atoms. The molecule has 3 aromatic rings. The topological polar surface area (TPSA) is 70.2 Å². The Morgan fingerprint density at radius 2 is 1.59 bits per heavy atom. The summed E-state index contributed by atoms with van der Waals surface area (Å²) in [6, 6.07) is 17.2. The van der Waals surface area contributed by atoms with Crippen LogP contribution in [0, 0.1) is 0 Å². The number of hydrogen-bond acceptors (Lipinski definition) is 4. The highest BCUT2D eigenvalue weighted by Crippen LogP contribution is 2.16. The van der Waals surface area contributed by atoms with Gasteiger partial charge < -0.3 is 10.6 Å². The van der Waals surface area contributed by atoms with E-state index >= 15 is 0 Å². The van der Waals surface area contributed by atoms with E-state index < -0.39 is 0 Å². The molecular formula is C19H14ClN3O2S2. The highest BCUT2D eigenvalue weighted by Gasteiger charge is 2.09. The quantitative estimate of drug-likeness (QED) is 0.536. The van der Waals surface area contributed by atoms with Crippen molar-refractivity contribution in [2.24, 2.45) is 0 Å². The van der Waals surface area contributed by atoms with Gasteiger partial charge in [0.05, 0.1) is 4.88 Å². The maximum atomic E-state index is 12.2. The molecule has 0 saturated heterocycles. The molecule has 0 aliphatic heterocycles. The van der Waals surface area contributed by atoms with Gasteiger partial charge in [0, 0.05) is 22.0 Å². The van der Waals surface area contributed by atoms with Crippen LogP contribution in [0.1, 0.15) is 20.0 Å². The molecule has 1 heterocycles. The molecule has 0 aliphatic rings. The highest BCUT2D eigenvalue weighted by molar-refractivity contribution is 7.80. The Hall–Kier alpha value is -2.74. The van der Waals surface area contributed by atoms with Crippen molar-refractivity contribution in [3.05, 3.63) is 81.5 Å². The van der Waals surface area contributed by atoms with Gasteiger partial charge in [-0.2, -0.15) is 0 Å². The van der Waals surface area contributed by atoms with E-state index in [-0.39, 0.29) is 16.9 Å². The zero-order chi connectivity index (χ0) is 19.2. The molecule has 1 aromatic heterocycles. The summed E-state index contributed by atoms with van der Waals surface area (Å²) < 4.78 is 0. The van der Waals surface area contributed by atoms with E-state index in [1.807, 2.05) is 5.38 Å². The monoisotopic (exact) mass is 415 g/mol. The number of rotatable bonds is 4. The number of halogens is 1. The first-order chi connectivity index (χ1) is 13.0. The van der Waals surface area contributed by atoms with Crippen LogP contribution in [-0.4, -0.2) is 16.9 Å². The number of anilines is 2. The van der Waals surface area contributed by atoms with Gasteiger partial charge in [0.15, 0.2) is 5.11 Å². The van der Waals surface area contributed by atoms with Crippen molar-refractivity contribution < 1.29 is 9.59 Å². The molecule has 0 fully saturated rings. The molecule has 5 nitrogen and oxygen atoms in total. The van der Waals surface area contributed by atoms with Crippen LogP contribution in [0.15, 0.2) is 66.0 Å². The second-order valence-corrected chi connectivity index (χ2v) is 7.22. The molecule has 2 amide bonds. The molecule has 0 radical (unpaired) electrons. The fraction of sp³-hybridized carbons (Fsp3) is 0. The summed E-state index contributed by atoms with van der Waals surface area (Å²) in [5.74, 6) is -0.509. The largest absolute Gasteiger partial charge is 0.332 e. The standard InChI is InChI=1S/C19H14ClN3O2S2/c20-13-4-1-3-12(11-13)17(24)21-14-6-8-15(9-7-14)22-19(26)23-18(25)16-5-2-10-27-16/h1-11H,(H,21,24)(H2,22,23,25,26). The van der Waals surface area contributed by atoms with Gasteiger partial charge in [0.2, 0.25) is 0 Å². The SMILES string of the molecule is O=C(Nc1ccc(NC(=S)NC(=O)c2cccs2)cc1)c1cccc(Cl)c1. The minimum Gasteiger partial charge on any atom is -0.332 e. The predicted molar refractivity (Wildman–Crippen MR) is 114 cm³/mol. The van der Waals surface area contributed by atoms with Crippen molar-refractivity contribution >= 4 is 63.5 Å². The lowest BCUT2D eigenvalue weighted by atomic mass is 10.2. The molecular weight excluding hydrogens is 402 g/mol. The number of amides is 2. The second kappa shape index (κ2) is 8.77. The number of carbonyl (C=O) groups excluding carboxylic acids is 2. The normalized spacial score (nSPS) is 10.1. The third kappa shape index (κ3) is 5.37. The number of nitrogens with one attached hydrogen (secondary N) is 3. The van der Waals surface area contributed by atoms with Crippen LogP contribution in [0.2, 0.25) is 5.02 Å². The number of carbonyl (C=O) groups is 2. The summed E-state index contributed by atoms with van der Waals surface area (Å²) in [6.45, 7) is 0. The van der Waals surface area contributed by atoms with Gasteiger partial charge in [-0.25, -0.2) is 0 Å². The van der Waals surface area contributed by atoms with Gasteiger partial charge in [-0.15, -0.1) is 11.3 Å². The minimum absolute atomic E-state index is 0.198.